The quantitative estimate of drug-likeness (QED) is 0.647. The molecule has 2 rings (SSSR count). The molecule has 2 atom stereocenters. The van der Waals surface area contributed by atoms with E-state index >= 15 is 0 Å². The van der Waals surface area contributed by atoms with Crippen molar-refractivity contribution in [2.24, 2.45) is 0 Å². The fourth-order valence-electron chi connectivity index (χ4n) is 1.97. The van der Waals surface area contributed by atoms with Crippen LogP contribution in [0.1, 0.15) is 18.4 Å². The molecule has 1 aromatic rings. The molecule has 2 unspecified atom stereocenters. The van der Waals surface area contributed by atoms with E-state index in [0.717, 1.165) is 28.3 Å². The van der Waals surface area contributed by atoms with Gasteiger partial charge in [0.25, 0.3) is 0 Å². The first-order valence-corrected chi connectivity index (χ1v) is 6.92. The summed E-state index contributed by atoms with van der Waals surface area (Å²) in [5, 5.41) is 8.84. The first kappa shape index (κ1) is 13.2. The summed E-state index contributed by atoms with van der Waals surface area (Å²) in [6, 6.07) is 5.94. The number of aryl methyl sites for hydroxylation is 1. The Bertz CT molecular complexity index is 450. The highest BCUT2D eigenvalue weighted by atomic mass is 32.2. The lowest BCUT2D eigenvalue weighted by molar-refractivity contribution is -0.148. The van der Waals surface area contributed by atoms with E-state index in [-0.39, 0.29) is 6.10 Å². The van der Waals surface area contributed by atoms with Gasteiger partial charge in [-0.3, -0.25) is 0 Å². The maximum absolute atomic E-state index is 10.8. The van der Waals surface area contributed by atoms with Crippen molar-refractivity contribution >= 4 is 23.4 Å². The van der Waals surface area contributed by atoms with Gasteiger partial charge in [-0.15, -0.1) is 11.8 Å². The lowest BCUT2D eigenvalue weighted by Crippen LogP contribution is -2.21. The minimum Gasteiger partial charge on any atom is -0.479 e. The Balaban J connectivity index is 1.89. The van der Waals surface area contributed by atoms with Gasteiger partial charge in [-0.25, -0.2) is 4.79 Å². The van der Waals surface area contributed by atoms with Crippen LogP contribution in [0.4, 0.5) is 5.69 Å². The smallest absolute Gasteiger partial charge is 0.332 e. The lowest BCUT2D eigenvalue weighted by Gasteiger charge is -2.12. The third-order valence-electron chi connectivity index (χ3n) is 3.09. The van der Waals surface area contributed by atoms with Crippen molar-refractivity contribution in [1.29, 1.82) is 0 Å². The van der Waals surface area contributed by atoms with Crippen molar-refractivity contribution < 1.29 is 14.6 Å². The number of hydrogen-bond acceptors (Lipinski definition) is 4. The minimum absolute atomic E-state index is 0.0102. The van der Waals surface area contributed by atoms with Gasteiger partial charge < -0.3 is 15.6 Å². The number of rotatable bonds is 4. The Morgan fingerprint density at radius 2 is 2.33 bits per heavy atom. The zero-order chi connectivity index (χ0) is 13.1. The predicted molar refractivity (Wildman–Crippen MR) is 71.8 cm³/mol. The number of nitrogen functional groups attached to an aromatic ring is 1. The van der Waals surface area contributed by atoms with Gasteiger partial charge in [-0.2, -0.15) is 0 Å². The molecule has 0 radical (unpaired) electrons. The number of hydrogen-bond donors (Lipinski definition) is 2. The molecule has 0 saturated carbocycles. The van der Waals surface area contributed by atoms with Crippen LogP contribution in [0.25, 0.3) is 0 Å². The molecule has 1 heterocycles. The molecular formula is C13H17NO3S. The number of nitrogens with two attached hydrogens (primary N) is 1. The van der Waals surface area contributed by atoms with Crippen LogP contribution in [0.2, 0.25) is 0 Å². The van der Waals surface area contributed by atoms with Gasteiger partial charge in [-0.05, 0) is 31.4 Å². The first-order chi connectivity index (χ1) is 8.58. The molecule has 1 saturated heterocycles. The summed E-state index contributed by atoms with van der Waals surface area (Å²) >= 11 is 1.63. The Kier molecular flexibility index (Phi) is 4.14. The number of aliphatic carboxylic acids is 1. The van der Waals surface area contributed by atoms with Gasteiger partial charge in [0, 0.05) is 16.3 Å². The highest BCUT2D eigenvalue weighted by molar-refractivity contribution is 7.99. The second-order valence-corrected chi connectivity index (χ2v) is 5.52. The maximum Gasteiger partial charge on any atom is 0.332 e. The normalized spacial score (nSPS) is 23.2. The highest BCUT2D eigenvalue weighted by Crippen LogP contribution is 2.31. The van der Waals surface area contributed by atoms with Crippen LogP contribution in [0, 0.1) is 6.92 Å². The molecule has 18 heavy (non-hydrogen) atoms. The fraction of sp³-hybridized carbons (Fsp3) is 0.462. The summed E-state index contributed by atoms with van der Waals surface area (Å²) in [5.41, 5.74) is 7.85. The molecule has 4 nitrogen and oxygen atoms in total. The Hall–Kier alpha value is -1.20. The van der Waals surface area contributed by atoms with Gasteiger partial charge in [0.1, 0.15) is 0 Å². The van der Waals surface area contributed by atoms with Crippen LogP contribution < -0.4 is 5.73 Å². The summed E-state index contributed by atoms with van der Waals surface area (Å²) in [5.74, 6) is -0.116. The van der Waals surface area contributed by atoms with E-state index in [1.807, 2.05) is 25.1 Å². The number of carboxylic acid groups (broad SMARTS) is 1. The number of para-hydroxylation sites is 1. The van der Waals surface area contributed by atoms with E-state index in [4.69, 9.17) is 15.6 Å². The molecule has 5 heteroatoms. The van der Waals surface area contributed by atoms with Crippen molar-refractivity contribution in [1.82, 2.24) is 0 Å². The van der Waals surface area contributed by atoms with E-state index in [1.54, 1.807) is 11.8 Å². The monoisotopic (exact) mass is 267 g/mol. The molecule has 0 bridgehead atoms. The van der Waals surface area contributed by atoms with Gasteiger partial charge in [0.05, 0.1) is 6.10 Å². The van der Waals surface area contributed by atoms with Crippen LogP contribution in [0.5, 0.6) is 0 Å². The van der Waals surface area contributed by atoms with Crippen LogP contribution in [0.15, 0.2) is 23.1 Å². The second kappa shape index (κ2) is 5.63. The van der Waals surface area contributed by atoms with Gasteiger partial charge in [0.15, 0.2) is 6.10 Å². The Morgan fingerprint density at radius 1 is 1.56 bits per heavy atom. The standard InChI is InChI=1S/C13H17NO3S/c1-8-3-2-4-11(12(8)14)18-7-9-5-6-10(17-9)13(15)16/h2-4,9-10H,5-7,14H2,1H3,(H,15,16). The Labute approximate surface area is 111 Å². The van der Waals surface area contributed by atoms with E-state index in [1.165, 1.54) is 0 Å². The van der Waals surface area contributed by atoms with E-state index in [0.29, 0.717) is 6.42 Å². The lowest BCUT2D eigenvalue weighted by atomic mass is 10.2. The van der Waals surface area contributed by atoms with Crippen molar-refractivity contribution in [3.8, 4) is 0 Å². The van der Waals surface area contributed by atoms with Crippen molar-refractivity contribution in [2.45, 2.75) is 36.9 Å². The Morgan fingerprint density at radius 3 is 3.00 bits per heavy atom. The predicted octanol–water partition coefficient (Wildman–Crippen LogP) is 2.30. The summed E-state index contributed by atoms with van der Waals surface area (Å²) in [4.78, 5) is 11.8. The molecule has 1 aromatic carbocycles. The number of anilines is 1. The van der Waals surface area contributed by atoms with E-state index in [9.17, 15) is 4.79 Å². The van der Waals surface area contributed by atoms with E-state index < -0.39 is 12.1 Å². The molecule has 0 aliphatic carbocycles. The third kappa shape index (κ3) is 2.97. The van der Waals surface area contributed by atoms with Gasteiger partial charge >= 0.3 is 5.97 Å². The molecule has 1 fully saturated rings. The molecular weight excluding hydrogens is 250 g/mol. The number of carbonyl (C=O) groups is 1. The van der Waals surface area contributed by atoms with Gasteiger partial charge in [-0.1, -0.05) is 12.1 Å². The molecule has 0 amide bonds. The molecule has 1 aliphatic rings. The summed E-state index contributed by atoms with van der Waals surface area (Å²) in [6.45, 7) is 1.98. The van der Waals surface area contributed by atoms with Crippen LogP contribution in [-0.4, -0.2) is 29.0 Å². The molecule has 0 aromatic heterocycles. The number of ether oxygens (including phenoxy) is 1. The number of carboxylic acids is 1. The van der Waals surface area contributed by atoms with E-state index in [2.05, 4.69) is 0 Å². The van der Waals surface area contributed by atoms with Crippen molar-refractivity contribution in [3.63, 3.8) is 0 Å². The molecule has 3 N–H and O–H groups in total. The first-order valence-electron chi connectivity index (χ1n) is 5.94. The second-order valence-electron chi connectivity index (χ2n) is 4.46. The van der Waals surface area contributed by atoms with Crippen LogP contribution in [0.3, 0.4) is 0 Å². The molecule has 98 valence electrons. The minimum atomic E-state index is -0.863. The fourth-order valence-corrected chi connectivity index (χ4v) is 3.07. The molecule has 0 spiro atoms. The van der Waals surface area contributed by atoms with Crippen LogP contribution >= 0.6 is 11.8 Å². The zero-order valence-corrected chi connectivity index (χ0v) is 11.1. The number of thioether (sulfide) groups is 1. The summed E-state index contributed by atoms with van der Waals surface area (Å²) in [7, 11) is 0. The maximum atomic E-state index is 10.8. The average Bonchev–Trinajstić information content (AvgIpc) is 2.80. The summed E-state index contributed by atoms with van der Waals surface area (Å²) in [6.07, 6.45) is 0.779. The van der Waals surface area contributed by atoms with Crippen molar-refractivity contribution in [3.05, 3.63) is 23.8 Å². The highest BCUT2D eigenvalue weighted by Gasteiger charge is 2.30. The topological polar surface area (TPSA) is 72.5 Å². The van der Waals surface area contributed by atoms with Crippen LogP contribution in [-0.2, 0) is 9.53 Å². The largest absolute Gasteiger partial charge is 0.479 e. The average molecular weight is 267 g/mol. The van der Waals surface area contributed by atoms with Gasteiger partial charge in [0.2, 0.25) is 0 Å². The third-order valence-corrected chi connectivity index (χ3v) is 4.30. The molecule has 1 aliphatic heterocycles. The zero-order valence-electron chi connectivity index (χ0n) is 10.3. The van der Waals surface area contributed by atoms with Crippen molar-refractivity contribution in [2.75, 3.05) is 11.5 Å². The SMILES string of the molecule is Cc1cccc(SCC2CCC(C(=O)O)O2)c1N. The number of benzene rings is 1. The summed E-state index contributed by atoms with van der Waals surface area (Å²) < 4.78 is 5.45.